The highest BCUT2D eigenvalue weighted by molar-refractivity contribution is 5.88. The number of carbonyl (C=O) groups excluding carboxylic acids is 1. The predicted octanol–water partition coefficient (Wildman–Crippen LogP) is 4.34. The quantitative estimate of drug-likeness (QED) is 0.841. The number of ether oxygens (including phenoxy) is 2. The van der Waals surface area contributed by atoms with E-state index in [0.717, 1.165) is 17.0 Å². The highest BCUT2D eigenvalue weighted by Crippen LogP contribution is 2.23. The summed E-state index contributed by atoms with van der Waals surface area (Å²) in [6.07, 6.45) is 0.875. The minimum atomic E-state index is -0.375. The van der Waals surface area contributed by atoms with Crippen molar-refractivity contribution in [3.8, 4) is 5.75 Å². The van der Waals surface area contributed by atoms with E-state index in [2.05, 4.69) is 29.1 Å². The highest BCUT2D eigenvalue weighted by Gasteiger charge is 2.25. The average molecular weight is 372 g/mol. The van der Waals surface area contributed by atoms with Crippen molar-refractivity contribution in [1.82, 2.24) is 9.97 Å². The molecule has 1 aliphatic heterocycles. The molecule has 146 valence electrons. The fourth-order valence-corrected chi connectivity index (χ4v) is 2.54. The topological polar surface area (TPSA) is 76.6 Å². The number of nitrogens with zero attached hydrogens (tertiary/aromatic N) is 3. The minimum Gasteiger partial charge on any atom is -0.497 e. The van der Waals surface area contributed by atoms with E-state index in [1.807, 2.05) is 38.1 Å². The first kappa shape index (κ1) is 20.5. The summed E-state index contributed by atoms with van der Waals surface area (Å²) in [7, 11) is 1.64. The van der Waals surface area contributed by atoms with Crippen molar-refractivity contribution in [2.45, 2.75) is 40.2 Å². The first-order chi connectivity index (χ1) is 13.0. The van der Waals surface area contributed by atoms with E-state index in [-0.39, 0.29) is 12.1 Å². The van der Waals surface area contributed by atoms with Gasteiger partial charge in [-0.3, -0.25) is 4.90 Å². The van der Waals surface area contributed by atoms with Crippen molar-refractivity contribution in [2.24, 2.45) is 0 Å². The number of cyclic esters (lactones) is 1. The number of amides is 1. The zero-order chi connectivity index (χ0) is 19.8. The molecule has 1 aromatic carbocycles. The number of methoxy groups -OCH3 is 1. The number of carbonyl (C=O) groups is 1. The van der Waals surface area contributed by atoms with Gasteiger partial charge in [-0.25, -0.2) is 9.78 Å². The van der Waals surface area contributed by atoms with Gasteiger partial charge in [0.05, 0.1) is 19.7 Å². The maximum Gasteiger partial charge on any atom is 0.415 e. The molecule has 0 spiro atoms. The third kappa shape index (κ3) is 5.57. The standard InChI is InChI=1S/C17H20N4O3.C3H8/c1-11-9-15(21-7-8-24-17(21)22)20-16(18-11)19-12(2)13-5-4-6-14(10-13)23-3;1-3-2/h4-6,9-10,12H,7-8H2,1-3H3,(H,18,19,20);3H2,1-2H3/t12-;/m0./s1. The van der Waals surface area contributed by atoms with Crippen LogP contribution in [0.1, 0.15) is 44.5 Å². The summed E-state index contributed by atoms with van der Waals surface area (Å²) in [5.41, 5.74) is 1.83. The summed E-state index contributed by atoms with van der Waals surface area (Å²) in [5.74, 6) is 1.82. The van der Waals surface area contributed by atoms with Crippen molar-refractivity contribution in [3.63, 3.8) is 0 Å². The molecule has 27 heavy (non-hydrogen) atoms. The zero-order valence-corrected chi connectivity index (χ0v) is 16.7. The molecule has 1 amide bonds. The molecule has 0 saturated carbocycles. The molecule has 3 rings (SSSR count). The van der Waals surface area contributed by atoms with Crippen molar-refractivity contribution >= 4 is 17.9 Å². The van der Waals surface area contributed by atoms with Crippen LogP contribution in [0.5, 0.6) is 5.75 Å². The number of nitrogens with one attached hydrogen (secondary N) is 1. The van der Waals surface area contributed by atoms with Gasteiger partial charge in [0.1, 0.15) is 18.2 Å². The maximum absolute atomic E-state index is 11.7. The molecule has 1 atom stereocenters. The first-order valence-corrected chi connectivity index (χ1v) is 9.18. The van der Waals surface area contributed by atoms with E-state index in [9.17, 15) is 4.79 Å². The Morgan fingerprint density at radius 1 is 1.30 bits per heavy atom. The van der Waals surface area contributed by atoms with Gasteiger partial charge in [-0.15, -0.1) is 0 Å². The van der Waals surface area contributed by atoms with Gasteiger partial charge in [-0.05, 0) is 31.5 Å². The van der Waals surface area contributed by atoms with E-state index in [1.165, 1.54) is 11.3 Å². The molecule has 7 nitrogen and oxygen atoms in total. The van der Waals surface area contributed by atoms with E-state index in [1.54, 1.807) is 13.2 Å². The van der Waals surface area contributed by atoms with Crippen LogP contribution in [0.25, 0.3) is 0 Å². The zero-order valence-electron chi connectivity index (χ0n) is 16.7. The number of anilines is 2. The van der Waals surface area contributed by atoms with Gasteiger partial charge in [0.2, 0.25) is 5.95 Å². The van der Waals surface area contributed by atoms with Crippen molar-refractivity contribution in [1.29, 1.82) is 0 Å². The van der Waals surface area contributed by atoms with Crippen LogP contribution in [0.2, 0.25) is 0 Å². The molecule has 2 heterocycles. The number of aromatic nitrogens is 2. The first-order valence-electron chi connectivity index (χ1n) is 9.18. The third-order valence-corrected chi connectivity index (χ3v) is 3.82. The molecule has 0 unspecified atom stereocenters. The Bertz CT molecular complexity index is 767. The van der Waals surface area contributed by atoms with Gasteiger partial charge in [-0.2, -0.15) is 4.98 Å². The Morgan fingerprint density at radius 2 is 2.04 bits per heavy atom. The summed E-state index contributed by atoms with van der Waals surface area (Å²) >= 11 is 0. The summed E-state index contributed by atoms with van der Waals surface area (Å²) in [5, 5.41) is 3.27. The van der Waals surface area contributed by atoms with Gasteiger partial charge in [0.15, 0.2) is 0 Å². The molecule has 1 aromatic heterocycles. The monoisotopic (exact) mass is 372 g/mol. The molecule has 1 N–H and O–H groups in total. The SMILES string of the molecule is CCC.COc1cccc([C@H](C)Nc2nc(C)cc(N3CCOC3=O)n2)c1. The predicted molar refractivity (Wildman–Crippen MR) is 106 cm³/mol. The van der Waals surface area contributed by atoms with E-state index in [0.29, 0.717) is 24.9 Å². The molecule has 7 heteroatoms. The number of rotatable bonds is 5. The normalized spacial score (nSPS) is 14.1. The maximum atomic E-state index is 11.7. The number of benzene rings is 1. The van der Waals surface area contributed by atoms with Gasteiger partial charge in [0.25, 0.3) is 0 Å². The lowest BCUT2D eigenvalue weighted by molar-refractivity contribution is 0.181. The number of hydrogen-bond donors (Lipinski definition) is 1. The lowest BCUT2D eigenvalue weighted by Crippen LogP contribution is -2.25. The summed E-state index contributed by atoms with van der Waals surface area (Å²) in [4.78, 5) is 22.1. The van der Waals surface area contributed by atoms with Gasteiger partial charge in [-0.1, -0.05) is 32.4 Å². The van der Waals surface area contributed by atoms with Gasteiger partial charge < -0.3 is 14.8 Å². The molecular formula is C20H28N4O3. The summed E-state index contributed by atoms with van der Waals surface area (Å²) in [6, 6.07) is 9.57. The smallest absolute Gasteiger partial charge is 0.415 e. The van der Waals surface area contributed by atoms with Crippen molar-refractivity contribution in [2.75, 3.05) is 30.5 Å². The Kier molecular flexibility index (Phi) is 7.40. The van der Waals surface area contributed by atoms with Gasteiger partial charge >= 0.3 is 6.09 Å². The highest BCUT2D eigenvalue weighted by atomic mass is 16.6. The second-order valence-electron chi connectivity index (χ2n) is 6.31. The second kappa shape index (κ2) is 9.75. The third-order valence-electron chi connectivity index (χ3n) is 3.82. The van der Waals surface area contributed by atoms with E-state index in [4.69, 9.17) is 9.47 Å². The van der Waals surface area contributed by atoms with Crippen molar-refractivity contribution < 1.29 is 14.3 Å². The Labute approximate surface area is 160 Å². The van der Waals surface area contributed by atoms with Crippen LogP contribution >= 0.6 is 0 Å². The average Bonchev–Trinajstić information content (AvgIpc) is 3.08. The van der Waals surface area contributed by atoms with Crippen LogP contribution in [-0.4, -0.2) is 36.3 Å². The number of aryl methyl sites for hydroxylation is 1. The Hall–Kier alpha value is -2.83. The van der Waals surface area contributed by atoms with Crippen LogP contribution in [0.15, 0.2) is 30.3 Å². The summed E-state index contributed by atoms with van der Waals surface area (Å²) < 4.78 is 10.2. The van der Waals surface area contributed by atoms with Crippen LogP contribution in [0.4, 0.5) is 16.6 Å². The van der Waals surface area contributed by atoms with Crippen LogP contribution in [0.3, 0.4) is 0 Å². The molecule has 0 aliphatic carbocycles. The van der Waals surface area contributed by atoms with E-state index < -0.39 is 0 Å². The molecule has 1 saturated heterocycles. The second-order valence-corrected chi connectivity index (χ2v) is 6.31. The molecule has 1 fully saturated rings. The van der Waals surface area contributed by atoms with Crippen LogP contribution in [-0.2, 0) is 4.74 Å². The fourth-order valence-electron chi connectivity index (χ4n) is 2.54. The molecule has 0 radical (unpaired) electrons. The van der Waals surface area contributed by atoms with Gasteiger partial charge in [0, 0.05) is 11.8 Å². The largest absolute Gasteiger partial charge is 0.497 e. The van der Waals surface area contributed by atoms with Crippen LogP contribution < -0.4 is 15.0 Å². The lowest BCUT2D eigenvalue weighted by atomic mass is 10.1. The van der Waals surface area contributed by atoms with E-state index >= 15 is 0 Å². The summed E-state index contributed by atoms with van der Waals surface area (Å²) in [6.45, 7) is 9.02. The number of hydrogen-bond acceptors (Lipinski definition) is 6. The van der Waals surface area contributed by atoms with Crippen molar-refractivity contribution in [3.05, 3.63) is 41.6 Å². The molecule has 1 aliphatic rings. The molecule has 0 bridgehead atoms. The molecule has 2 aromatic rings. The fraction of sp³-hybridized carbons (Fsp3) is 0.450. The van der Waals surface area contributed by atoms with Crippen LogP contribution in [0, 0.1) is 6.92 Å². The minimum absolute atomic E-state index is 0.0136. The Morgan fingerprint density at radius 3 is 2.67 bits per heavy atom. The molecular weight excluding hydrogens is 344 g/mol. The lowest BCUT2D eigenvalue weighted by Gasteiger charge is -2.18. The Balaban J connectivity index is 0.000000817.